The summed E-state index contributed by atoms with van der Waals surface area (Å²) in [5, 5.41) is 8.80. The summed E-state index contributed by atoms with van der Waals surface area (Å²) in [6, 6.07) is 4.67. The third-order valence-electron chi connectivity index (χ3n) is 3.73. The van der Waals surface area contributed by atoms with E-state index in [1.165, 1.54) is 12.1 Å². The lowest BCUT2D eigenvalue weighted by Gasteiger charge is -2.27. The van der Waals surface area contributed by atoms with Crippen LogP contribution in [0.15, 0.2) is 18.2 Å². The molecular weight excluding hydrogens is 269 g/mol. The van der Waals surface area contributed by atoms with Gasteiger partial charge in [0.2, 0.25) is 0 Å². The van der Waals surface area contributed by atoms with Gasteiger partial charge in [0, 0.05) is 31.9 Å². The fraction of sp³-hybridized carbons (Fsp3) is 0.529. The number of aliphatic hydroxyl groups is 1. The number of nitrogens with zero attached hydrogens (tertiary/aromatic N) is 1. The Morgan fingerprint density at radius 1 is 1.38 bits per heavy atom. The van der Waals surface area contributed by atoms with Crippen molar-refractivity contribution in [2.24, 2.45) is 5.92 Å². The van der Waals surface area contributed by atoms with Crippen molar-refractivity contribution in [3.05, 3.63) is 35.1 Å². The predicted molar refractivity (Wildman–Crippen MR) is 80.2 cm³/mol. The van der Waals surface area contributed by atoms with Gasteiger partial charge in [-0.2, -0.15) is 0 Å². The Hall–Kier alpha value is -1.41. The molecule has 0 radical (unpaired) electrons. The van der Waals surface area contributed by atoms with Gasteiger partial charge >= 0.3 is 0 Å². The Kier molecular flexibility index (Phi) is 6.19. The Balaban J connectivity index is 2.00. The quantitative estimate of drug-likeness (QED) is 0.862. The topological polar surface area (TPSA) is 32.7 Å². The van der Waals surface area contributed by atoms with Crippen LogP contribution in [-0.2, 0) is 11.3 Å². The van der Waals surface area contributed by atoms with Gasteiger partial charge in [0.15, 0.2) is 0 Å². The molecule has 1 heterocycles. The molecule has 0 unspecified atom stereocenters. The van der Waals surface area contributed by atoms with Gasteiger partial charge in [0.25, 0.3) is 0 Å². The maximum absolute atomic E-state index is 13.3. The molecule has 0 bridgehead atoms. The molecule has 114 valence electrons. The van der Waals surface area contributed by atoms with E-state index in [-0.39, 0.29) is 12.4 Å². The van der Waals surface area contributed by atoms with Gasteiger partial charge in [-0.05, 0) is 43.5 Å². The maximum Gasteiger partial charge on any atom is 0.124 e. The molecule has 1 aliphatic heterocycles. The van der Waals surface area contributed by atoms with Crippen LogP contribution in [0, 0.1) is 23.6 Å². The second-order valence-corrected chi connectivity index (χ2v) is 5.51. The first-order valence-corrected chi connectivity index (χ1v) is 7.33. The van der Waals surface area contributed by atoms with Gasteiger partial charge < -0.3 is 14.7 Å². The molecule has 0 saturated carbocycles. The van der Waals surface area contributed by atoms with Crippen molar-refractivity contribution < 1.29 is 14.2 Å². The van der Waals surface area contributed by atoms with Gasteiger partial charge in [-0.1, -0.05) is 17.9 Å². The normalized spacial score (nSPS) is 15.8. The fourth-order valence-electron chi connectivity index (χ4n) is 2.66. The van der Waals surface area contributed by atoms with Crippen LogP contribution in [0.4, 0.5) is 4.39 Å². The minimum absolute atomic E-state index is 0.214. The highest BCUT2D eigenvalue weighted by molar-refractivity contribution is 5.41. The van der Waals surface area contributed by atoms with Crippen molar-refractivity contribution in [1.82, 2.24) is 4.90 Å². The van der Waals surface area contributed by atoms with Crippen LogP contribution in [0.2, 0.25) is 0 Å². The van der Waals surface area contributed by atoms with Gasteiger partial charge in [-0.15, -0.1) is 0 Å². The third kappa shape index (κ3) is 5.13. The lowest BCUT2D eigenvalue weighted by Crippen LogP contribution is -2.29. The second-order valence-electron chi connectivity index (χ2n) is 5.51. The molecule has 0 amide bonds. The standard InChI is InChI=1S/C17H22FNO2/c1-19(12-14-6-9-21-10-7-14)13-16-4-5-17(18)11-15(16)3-2-8-20/h4-5,11,14,20H,6-10,12-13H2,1H3. The third-order valence-corrected chi connectivity index (χ3v) is 3.73. The molecule has 1 saturated heterocycles. The van der Waals surface area contributed by atoms with Crippen molar-refractivity contribution in [2.75, 3.05) is 33.4 Å². The van der Waals surface area contributed by atoms with E-state index in [0.29, 0.717) is 11.5 Å². The van der Waals surface area contributed by atoms with E-state index >= 15 is 0 Å². The molecule has 0 atom stereocenters. The number of benzene rings is 1. The average Bonchev–Trinajstić information content (AvgIpc) is 2.48. The lowest BCUT2D eigenvalue weighted by atomic mass is 9.99. The first kappa shape index (κ1) is 16.0. The first-order valence-electron chi connectivity index (χ1n) is 7.33. The van der Waals surface area contributed by atoms with Crippen molar-refractivity contribution in [3.8, 4) is 11.8 Å². The highest BCUT2D eigenvalue weighted by Gasteiger charge is 2.16. The predicted octanol–water partition coefficient (Wildman–Crippen LogP) is 2.03. The van der Waals surface area contributed by atoms with Crippen LogP contribution >= 0.6 is 0 Å². The van der Waals surface area contributed by atoms with Crippen LogP contribution in [-0.4, -0.2) is 43.4 Å². The molecular formula is C17H22FNO2. The van der Waals surface area contributed by atoms with Crippen molar-refractivity contribution in [2.45, 2.75) is 19.4 Å². The van der Waals surface area contributed by atoms with Crippen molar-refractivity contribution >= 4 is 0 Å². The summed E-state index contributed by atoms with van der Waals surface area (Å²) >= 11 is 0. The average molecular weight is 291 g/mol. The second kappa shape index (κ2) is 8.14. The minimum atomic E-state index is -0.298. The number of aliphatic hydroxyl groups excluding tert-OH is 1. The number of hydrogen-bond donors (Lipinski definition) is 1. The summed E-state index contributed by atoms with van der Waals surface area (Å²) in [6.45, 7) is 3.22. The molecule has 1 aromatic rings. The van der Waals surface area contributed by atoms with Gasteiger partial charge in [0.1, 0.15) is 12.4 Å². The van der Waals surface area contributed by atoms with Gasteiger partial charge in [0.05, 0.1) is 0 Å². The van der Waals surface area contributed by atoms with Crippen LogP contribution in [0.1, 0.15) is 24.0 Å². The van der Waals surface area contributed by atoms with Crippen LogP contribution in [0.3, 0.4) is 0 Å². The molecule has 1 aliphatic rings. The molecule has 1 N–H and O–H groups in total. The smallest absolute Gasteiger partial charge is 0.124 e. The van der Waals surface area contributed by atoms with E-state index in [2.05, 4.69) is 23.8 Å². The van der Waals surface area contributed by atoms with E-state index in [0.717, 1.165) is 44.7 Å². The first-order chi connectivity index (χ1) is 10.2. The molecule has 21 heavy (non-hydrogen) atoms. The number of halogens is 1. The molecule has 3 nitrogen and oxygen atoms in total. The van der Waals surface area contributed by atoms with Crippen molar-refractivity contribution in [1.29, 1.82) is 0 Å². The molecule has 0 spiro atoms. The minimum Gasteiger partial charge on any atom is -0.384 e. The fourth-order valence-corrected chi connectivity index (χ4v) is 2.66. The Morgan fingerprint density at radius 3 is 2.86 bits per heavy atom. The summed E-state index contributed by atoms with van der Waals surface area (Å²) in [5.74, 6) is 5.78. The van der Waals surface area contributed by atoms with E-state index in [4.69, 9.17) is 9.84 Å². The summed E-state index contributed by atoms with van der Waals surface area (Å²) in [5.41, 5.74) is 1.65. The van der Waals surface area contributed by atoms with Crippen LogP contribution in [0.5, 0.6) is 0 Å². The Bertz CT molecular complexity index is 515. The maximum atomic E-state index is 13.3. The zero-order valence-corrected chi connectivity index (χ0v) is 12.4. The number of ether oxygens (including phenoxy) is 1. The van der Waals surface area contributed by atoms with E-state index in [1.54, 1.807) is 6.07 Å². The molecule has 0 aliphatic carbocycles. The van der Waals surface area contributed by atoms with Crippen LogP contribution < -0.4 is 0 Å². The highest BCUT2D eigenvalue weighted by atomic mass is 19.1. The zero-order valence-electron chi connectivity index (χ0n) is 12.4. The summed E-state index contributed by atoms with van der Waals surface area (Å²) in [4.78, 5) is 2.24. The Labute approximate surface area is 125 Å². The van der Waals surface area contributed by atoms with Gasteiger partial charge in [-0.3, -0.25) is 0 Å². The van der Waals surface area contributed by atoms with E-state index < -0.39 is 0 Å². The highest BCUT2D eigenvalue weighted by Crippen LogP contribution is 2.18. The summed E-state index contributed by atoms with van der Waals surface area (Å²) < 4.78 is 18.7. The van der Waals surface area contributed by atoms with Gasteiger partial charge in [-0.25, -0.2) is 4.39 Å². The van der Waals surface area contributed by atoms with Crippen molar-refractivity contribution in [3.63, 3.8) is 0 Å². The summed E-state index contributed by atoms with van der Waals surface area (Å²) in [7, 11) is 2.07. The monoisotopic (exact) mass is 291 g/mol. The SMILES string of the molecule is CN(Cc1ccc(F)cc1C#CCO)CC1CCOCC1. The Morgan fingerprint density at radius 2 is 2.14 bits per heavy atom. The van der Waals surface area contributed by atoms with E-state index in [9.17, 15) is 4.39 Å². The van der Waals surface area contributed by atoms with E-state index in [1.807, 2.05) is 0 Å². The molecule has 1 aromatic carbocycles. The molecule has 2 rings (SSSR count). The zero-order chi connectivity index (χ0) is 15.1. The largest absolute Gasteiger partial charge is 0.384 e. The summed E-state index contributed by atoms with van der Waals surface area (Å²) in [6.07, 6.45) is 2.20. The molecule has 1 fully saturated rings. The lowest BCUT2D eigenvalue weighted by molar-refractivity contribution is 0.0549. The van der Waals surface area contributed by atoms with Crippen LogP contribution in [0.25, 0.3) is 0 Å². The number of hydrogen-bond acceptors (Lipinski definition) is 3. The number of rotatable bonds is 4. The molecule has 0 aromatic heterocycles. The molecule has 4 heteroatoms.